The Kier molecular flexibility index (Phi) is 4.41. The van der Waals surface area contributed by atoms with E-state index in [9.17, 15) is 20.0 Å². The summed E-state index contributed by atoms with van der Waals surface area (Å²) in [6.07, 6.45) is 0.409. The van der Waals surface area contributed by atoms with Gasteiger partial charge in [-0.15, -0.1) is 0 Å². The summed E-state index contributed by atoms with van der Waals surface area (Å²) in [5, 5.41) is 21.3. The summed E-state index contributed by atoms with van der Waals surface area (Å²) in [6.45, 7) is 0. The number of amides is 1. The number of nitro benzene ring substituents is 1. The predicted octanol–water partition coefficient (Wildman–Crippen LogP) is 3.07. The Balaban J connectivity index is 1.95. The smallest absolute Gasteiger partial charge is 0.311 e. The largest absolute Gasteiger partial charge is 0.450 e. The molecule has 1 atom stereocenters. The molecule has 2 aromatic rings. The van der Waals surface area contributed by atoms with E-state index in [1.807, 2.05) is 0 Å². The molecule has 0 aliphatic heterocycles. The lowest BCUT2D eigenvalue weighted by Crippen LogP contribution is -2.21. The average Bonchev–Trinajstić information content (AvgIpc) is 2.96. The number of hydrogen-bond acceptors (Lipinski definition) is 5. The number of nitro groups is 1. The van der Waals surface area contributed by atoms with Crippen LogP contribution in [0.2, 0.25) is 0 Å². The minimum Gasteiger partial charge on any atom is -0.450 e. The van der Waals surface area contributed by atoms with Gasteiger partial charge >= 0.3 is 5.69 Å². The molecule has 130 valence electrons. The lowest BCUT2D eigenvalue weighted by atomic mass is 10.1. The summed E-state index contributed by atoms with van der Waals surface area (Å²) < 4.78 is 5.78. The predicted molar refractivity (Wildman–Crippen MR) is 90.9 cm³/mol. The number of aliphatic hydroxyl groups is 1. The zero-order chi connectivity index (χ0) is 18.1. The van der Waals surface area contributed by atoms with Gasteiger partial charge in [0.25, 0.3) is 5.91 Å². The quantitative estimate of drug-likeness (QED) is 0.681. The van der Waals surface area contributed by atoms with Crippen molar-refractivity contribution in [1.82, 2.24) is 4.90 Å². The first-order chi connectivity index (χ1) is 11.9. The molecule has 7 heteroatoms. The van der Waals surface area contributed by atoms with Crippen LogP contribution in [0.4, 0.5) is 5.69 Å². The molecule has 0 bridgehead atoms. The first-order valence-corrected chi connectivity index (χ1v) is 7.86. The van der Waals surface area contributed by atoms with E-state index in [0.717, 1.165) is 0 Å². The van der Waals surface area contributed by atoms with Gasteiger partial charge in [0.1, 0.15) is 5.75 Å². The number of ether oxygens (including phenoxy) is 1. The normalized spacial score (nSPS) is 15.6. The summed E-state index contributed by atoms with van der Waals surface area (Å²) in [5.41, 5.74) is 1.69. The number of hydrogen-bond donors (Lipinski definition) is 1. The molecular formula is C18H18N2O5. The Hall–Kier alpha value is -2.93. The summed E-state index contributed by atoms with van der Waals surface area (Å²) in [7, 11) is 3.32. The van der Waals surface area contributed by atoms with Crippen molar-refractivity contribution >= 4 is 11.6 Å². The highest BCUT2D eigenvalue weighted by atomic mass is 16.6. The number of carbonyl (C=O) groups is 1. The number of rotatable bonds is 4. The summed E-state index contributed by atoms with van der Waals surface area (Å²) in [4.78, 5) is 24.2. The third kappa shape index (κ3) is 3.18. The molecule has 0 radical (unpaired) electrons. The number of carbonyl (C=O) groups excluding carboxylic acids is 1. The van der Waals surface area contributed by atoms with E-state index in [2.05, 4.69) is 0 Å². The van der Waals surface area contributed by atoms with Gasteiger partial charge in [-0.3, -0.25) is 14.9 Å². The van der Waals surface area contributed by atoms with Gasteiger partial charge in [0.2, 0.25) is 5.75 Å². The molecule has 1 aliphatic carbocycles. The molecule has 0 saturated heterocycles. The summed E-state index contributed by atoms with van der Waals surface area (Å²) in [5.74, 6) is 0.417. The van der Waals surface area contributed by atoms with Crippen LogP contribution in [0.1, 0.15) is 34.0 Å². The molecule has 3 rings (SSSR count). The number of aliphatic hydroxyl groups excluding tert-OH is 1. The molecular weight excluding hydrogens is 324 g/mol. The Bertz CT molecular complexity index is 830. The van der Waals surface area contributed by atoms with E-state index in [0.29, 0.717) is 35.3 Å². The van der Waals surface area contributed by atoms with E-state index in [-0.39, 0.29) is 17.3 Å². The fraction of sp³-hybridized carbons (Fsp3) is 0.278. The Morgan fingerprint density at radius 1 is 1.24 bits per heavy atom. The summed E-state index contributed by atoms with van der Waals surface area (Å²) >= 11 is 0. The van der Waals surface area contributed by atoms with E-state index in [1.54, 1.807) is 44.4 Å². The zero-order valence-corrected chi connectivity index (χ0v) is 13.9. The Labute approximate surface area is 144 Å². The van der Waals surface area contributed by atoms with Crippen LogP contribution in [0, 0.1) is 10.1 Å². The lowest BCUT2D eigenvalue weighted by molar-refractivity contribution is -0.385. The van der Waals surface area contributed by atoms with Crippen molar-refractivity contribution in [2.45, 2.75) is 18.9 Å². The van der Waals surface area contributed by atoms with Crippen molar-refractivity contribution < 1.29 is 19.6 Å². The molecule has 0 heterocycles. The second kappa shape index (κ2) is 6.52. The molecule has 0 spiro atoms. The van der Waals surface area contributed by atoms with E-state index in [1.165, 1.54) is 11.0 Å². The van der Waals surface area contributed by atoms with Gasteiger partial charge in [-0.25, -0.2) is 0 Å². The third-order valence-electron chi connectivity index (χ3n) is 4.23. The average molecular weight is 342 g/mol. The van der Waals surface area contributed by atoms with Crippen LogP contribution in [0.15, 0.2) is 36.4 Å². The maximum atomic E-state index is 11.9. The van der Waals surface area contributed by atoms with Crippen molar-refractivity contribution in [3.05, 3.63) is 63.2 Å². The van der Waals surface area contributed by atoms with Gasteiger partial charge in [-0.05, 0) is 48.7 Å². The molecule has 25 heavy (non-hydrogen) atoms. The van der Waals surface area contributed by atoms with Crippen molar-refractivity contribution in [3.63, 3.8) is 0 Å². The highest BCUT2D eigenvalue weighted by Crippen LogP contribution is 2.43. The second-order valence-corrected chi connectivity index (χ2v) is 6.12. The fourth-order valence-corrected chi connectivity index (χ4v) is 2.94. The zero-order valence-electron chi connectivity index (χ0n) is 13.9. The van der Waals surface area contributed by atoms with Crippen molar-refractivity contribution in [2.24, 2.45) is 0 Å². The first kappa shape index (κ1) is 16.9. The van der Waals surface area contributed by atoms with E-state index in [4.69, 9.17) is 4.74 Å². The Morgan fingerprint density at radius 3 is 2.52 bits per heavy atom. The monoisotopic (exact) mass is 342 g/mol. The van der Waals surface area contributed by atoms with Crippen LogP contribution in [-0.2, 0) is 6.42 Å². The molecule has 0 fully saturated rings. The van der Waals surface area contributed by atoms with Crippen LogP contribution in [0.5, 0.6) is 11.5 Å². The van der Waals surface area contributed by atoms with Crippen molar-refractivity contribution in [3.8, 4) is 11.5 Å². The molecule has 2 aromatic carbocycles. The highest BCUT2D eigenvalue weighted by molar-refractivity contribution is 5.93. The molecule has 1 unspecified atom stereocenters. The fourth-order valence-electron chi connectivity index (χ4n) is 2.94. The molecule has 1 aliphatic rings. The number of benzene rings is 2. The van der Waals surface area contributed by atoms with Crippen LogP contribution in [0.25, 0.3) is 0 Å². The molecule has 1 N–H and O–H groups in total. The van der Waals surface area contributed by atoms with Gasteiger partial charge < -0.3 is 14.7 Å². The topological polar surface area (TPSA) is 92.9 Å². The van der Waals surface area contributed by atoms with Gasteiger partial charge in [0, 0.05) is 31.3 Å². The van der Waals surface area contributed by atoms with Gasteiger partial charge in [0.15, 0.2) is 0 Å². The lowest BCUT2D eigenvalue weighted by Gasteiger charge is -2.13. The van der Waals surface area contributed by atoms with Crippen molar-refractivity contribution in [1.29, 1.82) is 0 Å². The summed E-state index contributed by atoms with van der Waals surface area (Å²) in [6, 6.07) is 9.36. The highest BCUT2D eigenvalue weighted by Gasteiger charge is 2.30. The number of fused-ring (bicyclic) bond motifs is 1. The SMILES string of the molecule is CN(C)C(=O)c1ccc(Oc2c([N+](=O)[O-])ccc3c2CCC3O)cc1. The van der Waals surface area contributed by atoms with Crippen LogP contribution in [0.3, 0.4) is 0 Å². The maximum absolute atomic E-state index is 11.9. The maximum Gasteiger partial charge on any atom is 0.311 e. The standard InChI is InChI=1S/C18H18N2O5/c1-19(2)18(22)11-3-5-12(6-4-11)25-17-14-8-10-16(21)13(14)7-9-15(17)20(23)24/h3-7,9,16,21H,8,10H2,1-2H3. The minimum absolute atomic E-state index is 0.138. The molecule has 1 amide bonds. The van der Waals surface area contributed by atoms with Crippen LogP contribution in [-0.4, -0.2) is 34.9 Å². The molecule has 7 nitrogen and oxygen atoms in total. The van der Waals surface area contributed by atoms with E-state index < -0.39 is 11.0 Å². The van der Waals surface area contributed by atoms with Crippen molar-refractivity contribution in [2.75, 3.05) is 14.1 Å². The minimum atomic E-state index is -0.627. The second-order valence-electron chi connectivity index (χ2n) is 6.12. The Morgan fingerprint density at radius 2 is 1.92 bits per heavy atom. The number of nitrogens with zero attached hydrogens (tertiary/aromatic N) is 2. The van der Waals surface area contributed by atoms with Gasteiger partial charge in [0.05, 0.1) is 11.0 Å². The molecule has 0 saturated carbocycles. The van der Waals surface area contributed by atoms with E-state index >= 15 is 0 Å². The third-order valence-corrected chi connectivity index (χ3v) is 4.23. The van der Waals surface area contributed by atoms with Crippen LogP contribution < -0.4 is 4.74 Å². The molecule has 0 aromatic heterocycles. The van der Waals surface area contributed by atoms with Crippen LogP contribution >= 0.6 is 0 Å². The van der Waals surface area contributed by atoms with Gasteiger partial charge in [-0.2, -0.15) is 0 Å². The first-order valence-electron chi connectivity index (χ1n) is 7.86. The van der Waals surface area contributed by atoms with Gasteiger partial charge in [-0.1, -0.05) is 0 Å².